The quantitative estimate of drug-likeness (QED) is 0.588. The minimum atomic E-state index is 0.936. The van der Waals surface area contributed by atoms with E-state index in [1.807, 2.05) is 18.8 Å². The predicted octanol–water partition coefficient (Wildman–Crippen LogP) is 3.07. The van der Waals surface area contributed by atoms with E-state index < -0.39 is 0 Å². The van der Waals surface area contributed by atoms with Gasteiger partial charge in [0.2, 0.25) is 0 Å². The van der Waals surface area contributed by atoms with Crippen molar-refractivity contribution in [2.45, 2.75) is 18.4 Å². The van der Waals surface area contributed by atoms with Gasteiger partial charge in [0.1, 0.15) is 0 Å². The smallest absolute Gasteiger partial charge is 0.0202 e. The number of hydrogen-bond acceptors (Lipinski definition) is 2. The zero-order valence-corrected chi connectivity index (χ0v) is 9.66. The fraction of sp³-hybridized carbons (Fsp3) is 0.333. The summed E-state index contributed by atoms with van der Waals surface area (Å²) in [7, 11) is 1.96. The fourth-order valence-corrected chi connectivity index (χ4v) is 1.86. The van der Waals surface area contributed by atoms with Crippen LogP contribution in [-0.2, 0) is 6.54 Å². The number of thioether (sulfide) groups is 1. The van der Waals surface area contributed by atoms with Gasteiger partial charge >= 0.3 is 0 Å². The Morgan fingerprint density at radius 3 is 2.50 bits per heavy atom. The van der Waals surface area contributed by atoms with Crippen LogP contribution in [0.3, 0.4) is 0 Å². The van der Waals surface area contributed by atoms with Crippen LogP contribution in [0.5, 0.6) is 0 Å². The summed E-state index contributed by atoms with van der Waals surface area (Å²) in [5, 5.41) is 3.13. The maximum atomic E-state index is 3.89. The topological polar surface area (TPSA) is 12.0 Å². The van der Waals surface area contributed by atoms with E-state index in [1.165, 1.54) is 16.0 Å². The SMILES string of the molecule is C=C(C)CSc1ccc(CNC)cc1. The van der Waals surface area contributed by atoms with Crippen LogP contribution in [0.15, 0.2) is 41.3 Å². The van der Waals surface area contributed by atoms with Crippen LogP contribution >= 0.6 is 11.8 Å². The van der Waals surface area contributed by atoms with E-state index in [2.05, 4.69) is 43.1 Å². The molecule has 1 rings (SSSR count). The second kappa shape index (κ2) is 5.89. The van der Waals surface area contributed by atoms with Gasteiger partial charge in [-0.25, -0.2) is 0 Å². The minimum absolute atomic E-state index is 0.936. The van der Waals surface area contributed by atoms with Crippen LogP contribution in [-0.4, -0.2) is 12.8 Å². The Balaban J connectivity index is 2.50. The molecule has 14 heavy (non-hydrogen) atoms. The van der Waals surface area contributed by atoms with E-state index in [4.69, 9.17) is 0 Å². The van der Waals surface area contributed by atoms with Gasteiger partial charge in [0.05, 0.1) is 0 Å². The van der Waals surface area contributed by atoms with Crippen molar-refractivity contribution in [2.24, 2.45) is 0 Å². The van der Waals surface area contributed by atoms with E-state index in [0.29, 0.717) is 0 Å². The van der Waals surface area contributed by atoms with Gasteiger partial charge in [0, 0.05) is 17.2 Å². The Kier molecular flexibility index (Phi) is 4.77. The Labute approximate surface area is 90.6 Å². The largest absolute Gasteiger partial charge is 0.316 e. The molecule has 0 fully saturated rings. The molecule has 0 aliphatic carbocycles. The lowest BCUT2D eigenvalue weighted by molar-refractivity contribution is 0.817. The first-order chi connectivity index (χ1) is 6.72. The molecular formula is C12H17NS. The van der Waals surface area contributed by atoms with E-state index in [-0.39, 0.29) is 0 Å². The number of nitrogens with one attached hydrogen (secondary N) is 1. The highest BCUT2D eigenvalue weighted by molar-refractivity contribution is 7.99. The molecule has 0 unspecified atom stereocenters. The van der Waals surface area contributed by atoms with Gasteiger partial charge in [0.25, 0.3) is 0 Å². The third kappa shape index (κ3) is 3.99. The molecule has 1 aromatic carbocycles. The molecule has 0 amide bonds. The molecule has 1 N–H and O–H groups in total. The molecule has 1 nitrogen and oxygen atoms in total. The summed E-state index contributed by atoms with van der Waals surface area (Å²) in [4.78, 5) is 1.31. The first-order valence-corrected chi connectivity index (χ1v) is 5.71. The Bertz CT molecular complexity index is 290. The molecule has 1 aromatic rings. The average Bonchev–Trinajstić information content (AvgIpc) is 2.17. The van der Waals surface area contributed by atoms with E-state index in [0.717, 1.165) is 12.3 Å². The van der Waals surface area contributed by atoms with Crippen LogP contribution in [0.25, 0.3) is 0 Å². The van der Waals surface area contributed by atoms with E-state index in [1.54, 1.807) is 0 Å². The highest BCUT2D eigenvalue weighted by Crippen LogP contribution is 2.20. The van der Waals surface area contributed by atoms with Crippen molar-refractivity contribution >= 4 is 11.8 Å². The van der Waals surface area contributed by atoms with Crippen molar-refractivity contribution in [1.82, 2.24) is 5.32 Å². The van der Waals surface area contributed by atoms with E-state index in [9.17, 15) is 0 Å². The van der Waals surface area contributed by atoms with Gasteiger partial charge in [-0.05, 0) is 31.7 Å². The molecule has 76 valence electrons. The van der Waals surface area contributed by atoms with Gasteiger partial charge < -0.3 is 5.32 Å². The van der Waals surface area contributed by atoms with Crippen LogP contribution in [0.4, 0.5) is 0 Å². The van der Waals surface area contributed by atoms with Gasteiger partial charge in [-0.2, -0.15) is 0 Å². The average molecular weight is 207 g/mol. The maximum absolute atomic E-state index is 3.89. The maximum Gasteiger partial charge on any atom is 0.0202 e. The summed E-state index contributed by atoms with van der Waals surface area (Å²) in [6.07, 6.45) is 0. The molecule has 0 spiro atoms. The number of rotatable bonds is 5. The predicted molar refractivity (Wildman–Crippen MR) is 64.7 cm³/mol. The third-order valence-corrected chi connectivity index (χ3v) is 3.03. The van der Waals surface area contributed by atoms with Crippen LogP contribution < -0.4 is 5.32 Å². The van der Waals surface area contributed by atoms with E-state index >= 15 is 0 Å². The van der Waals surface area contributed by atoms with Gasteiger partial charge in [0.15, 0.2) is 0 Å². The lowest BCUT2D eigenvalue weighted by Gasteiger charge is -2.03. The van der Waals surface area contributed by atoms with Gasteiger partial charge in [-0.1, -0.05) is 24.3 Å². The first kappa shape index (κ1) is 11.3. The van der Waals surface area contributed by atoms with Gasteiger partial charge in [-0.15, -0.1) is 11.8 Å². The molecule has 0 radical (unpaired) electrons. The molecule has 0 aliphatic rings. The molecule has 0 heterocycles. The second-order valence-electron chi connectivity index (χ2n) is 3.42. The highest BCUT2D eigenvalue weighted by Gasteiger charge is 1.94. The monoisotopic (exact) mass is 207 g/mol. The molecule has 0 bridgehead atoms. The lowest BCUT2D eigenvalue weighted by Crippen LogP contribution is -2.04. The molecule has 0 saturated heterocycles. The van der Waals surface area contributed by atoms with Crippen molar-refractivity contribution in [2.75, 3.05) is 12.8 Å². The van der Waals surface area contributed by atoms with Crippen molar-refractivity contribution in [3.05, 3.63) is 42.0 Å². The molecule has 0 saturated carbocycles. The van der Waals surface area contributed by atoms with Crippen LogP contribution in [0.2, 0.25) is 0 Å². The summed E-state index contributed by atoms with van der Waals surface area (Å²) in [5.74, 6) is 1.01. The summed E-state index contributed by atoms with van der Waals surface area (Å²) in [6, 6.07) is 8.66. The Hall–Kier alpha value is -0.730. The number of benzene rings is 1. The van der Waals surface area contributed by atoms with Gasteiger partial charge in [-0.3, -0.25) is 0 Å². The minimum Gasteiger partial charge on any atom is -0.316 e. The summed E-state index contributed by atoms with van der Waals surface area (Å²) in [5.41, 5.74) is 2.54. The standard InChI is InChI=1S/C12H17NS/c1-10(2)9-14-12-6-4-11(5-7-12)8-13-3/h4-7,13H,1,8-9H2,2-3H3. The second-order valence-corrected chi connectivity index (χ2v) is 4.47. The Morgan fingerprint density at radius 2 is 2.00 bits per heavy atom. The summed E-state index contributed by atoms with van der Waals surface area (Å²) >= 11 is 1.84. The third-order valence-electron chi connectivity index (χ3n) is 1.79. The molecule has 0 aliphatic heterocycles. The highest BCUT2D eigenvalue weighted by atomic mass is 32.2. The number of hydrogen-bond donors (Lipinski definition) is 1. The summed E-state index contributed by atoms with van der Waals surface area (Å²) < 4.78 is 0. The fourth-order valence-electron chi connectivity index (χ4n) is 1.11. The normalized spacial score (nSPS) is 10.1. The molecule has 0 aromatic heterocycles. The van der Waals surface area contributed by atoms with Crippen molar-refractivity contribution in [1.29, 1.82) is 0 Å². The van der Waals surface area contributed by atoms with Crippen LogP contribution in [0, 0.1) is 0 Å². The zero-order chi connectivity index (χ0) is 10.4. The van der Waals surface area contributed by atoms with Crippen LogP contribution in [0.1, 0.15) is 12.5 Å². The molecular weight excluding hydrogens is 190 g/mol. The summed E-state index contributed by atoms with van der Waals surface area (Å²) in [6.45, 7) is 6.88. The van der Waals surface area contributed by atoms with Crippen molar-refractivity contribution in [3.8, 4) is 0 Å². The van der Waals surface area contributed by atoms with Crippen molar-refractivity contribution < 1.29 is 0 Å². The zero-order valence-electron chi connectivity index (χ0n) is 8.84. The first-order valence-electron chi connectivity index (χ1n) is 4.73. The molecule has 2 heteroatoms. The van der Waals surface area contributed by atoms with Crippen molar-refractivity contribution in [3.63, 3.8) is 0 Å². The lowest BCUT2D eigenvalue weighted by atomic mass is 10.2. The Morgan fingerprint density at radius 1 is 1.36 bits per heavy atom. The molecule has 0 atom stereocenters.